The Morgan fingerprint density at radius 1 is 1.12 bits per heavy atom. The minimum absolute atomic E-state index is 0.122. The summed E-state index contributed by atoms with van der Waals surface area (Å²) in [5.41, 5.74) is 0.704. The Morgan fingerprint density at radius 2 is 1.92 bits per heavy atom. The fourth-order valence-corrected chi connectivity index (χ4v) is 2.71. The second-order valence-corrected chi connectivity index (χ2v) is 5.88. The van der Waals surface area contributed by atoms with E-state index in [1.165, 1.54) is 30.3 Å². The van der Waals surface area contributed by atoms with Gasteiger partial charge in [-0.05, 0) is 29.8 Å². The average molecular weight is 371 g/mol. The number of nitrogens with zero attached hydrogens (tertiary/aromatic N) is 2. The van der Waals surface area contributed by atoms with Gasteiger partial charge in [-0.2, -0.15) is 0 Å². The maximum absolute atomic E-state index is 13.9. The Bertz CT molecular complexity index is 933. The molecular formula is C16H10Cl2F2N2O2. The first kappa shape index (κ1) is 16.7. The van der Waals surface area contributed by atoms with E-state index in [2.05, 4.69) is 9.68 Å². The van der Waals surface area contributed by atoms with E-state index in [4.69, 9.17) is 23.2 Å². The van der Waals surface area contributed by atoms with Crippen molar-refractivity contribution in [3.8, 4) is 0 Å². The lowest BCUT2D eigenvalue weighted by Crippen LogP contribution is -2.19. The fourth-order valence-electron chi connectivity index (χ4n) is 2.26. The third-order valence-electron chi connectivity index (χ3n) is 3.50. The van der Waals surface area contributed by atoms with Crippen molar-refractivity contribution in [1.29, 1.82) is 0 Å². The molecule has 2 aromatic carbocycles. The molecule has 1 aromatic heterocycles. The molecule has 8 heteroatoms. The monoisotopic (exact) mass is 370 g/mol. The van der Waals surface area contributed by atoms with E-state index in [1.807, 2.05) is 0 Å². The van der Waals surface area contributed by atoms with Gasteiger partial charge in [-0.3, -0.25) is 9.09 Å². The highest BCUT2D eigenvalue weighted by atomic mass is 35.5. The summed E-state index contributed by atoms with van der Waals surface area (Å²) in [6.45, 7) is -0.137. The van der Waals surface area contributed by atoms with Crippen LogP contribution < -0.4 is 5.76 Å². The molecule has 24 heavy (non-hydrogen) atoms. The van der Waals surface area contributed by atoms with Gasteiger partial charge in [-0.15, -0.1) is 0 Å². The van der Waals surface area contributed by atoms with E-state index in [-0.39, 0.29) is 34.4 Å². The second-order valence-electron chi connectivity index (χ2n) is 5.06. The predicted molar refractivity (Wildman–Crippen MR) is 85.5 cm³/mol. The summed E-state index contributed by atoms with van der Waals surface area (Å²) in [7, 11) is 0. The maximum atomic E-state index is 13.9. The van der Waals surface area contributed by atoms with Crippen LogP contribution in [0.5, 0.6) is 0 Å². The van der Waals surface area contributed by atoms with Crippen LogP contribution in [0.25, 0.3) is 0 Å². The molecule has 0 spiro atoms. The molecule has 0 unspecified atom stereocenters. The van der Waals surface area contributed by atoms with Crippen molar-refractivity contribution in [2.24, 2.45) is 0 Å². The lowest BCUT2D eigenvalue weighted by Gasteiger charge is -2.08. The van der Waals surface area contributed by atoms with Gasteiger partial charge >= 0.3 is 5.76 Å². The lowest BCUT2D eigenvalue weighted by molar-refractivity contribution is 0.375. The largest absolute Gasteiger partial charge is 0.441 e. The van der Waals surface area contributed by atoms with Gasteiger partial charge in [0.2, 0.25) is 0 Å². The van der Waals surface area contributed by atoms with E-state index in [1.54, 1.807) is 0 Å². The molecule has 0 N–H and O–H groups in total. The molecule has 0 radical (unpaired) electrons. The minimum atomic E-state index is -0.748. The number of aromatic nitrogens is 2. The Hall–Kier alpha value is -2.18. The van der Waals surface area contributed by atoms with Crippen LogP contribution >= 0.6 is 23.2 Å². The first-order valence-corrected chi connectivity index (χ1v) is 7.63. The number of hydrogen-bond donors (Lipinski definition) is 0. The van der Waals surface area contributed by atoms with Crippen LogP contribution in [0.1, 0.15) is 17.0 Å². The molecule has 3 rings (SSSR count). The van der Waals surface area contributed by atoms with Crippen LogP contribution in [-0.2, 0) is 13.0 Å². The number of rotatable bonds is 4. The molecule has 0 saturated carbocycles. The summed E-state index contributed by atoms with van der Waals surface area (Å²) in [5.74, 6) is -1.53. The molecule has 0 aliphatic rings. The predicted octanol–water partition coefficient (Wildman–Crippen LogP) is 4.06. The van der Waals surface area contributed by atoms with Gasteiger partial charge < -0.3 is 0 Å². The quantitative estimate of drug-likeness (QED) is 0.695. The summed E-state index contributed by atoms with van der Waals surface area (Å²) in [5, 5.41) is 4.07. The normalized spacial score (nSPS) is 11.0. The van der Waals surface area contributed by atoms with Gasteiger partial charge in [0, 0.05) is 22.0 Å². The van der Waals surface area contributed by atoms with Crippen LogP contribution in [0.2, 0.25) is 10.0 Å². The topological polar surface area (TPSA) is 48.0 Å². The summed E-state index contributed by atoms with van der Waals surface area (Å²) >= 11 is 12.0. The summed E-state index contributed by atoms with van der Waals surface area (Å²) in [6, 6.07) is 8.13. The highest BCUT2D eigenvalue weighted by molar-refractivity contribution is 6.31. The highest BCUT2D eigenvalue weighted by Crippen LogP contribution is 2.22. The smallest absolute Gasteiger partial charge is 0.296 e. The molecule has 0 saturated heterocycles. The third-order valence-corrected chi connectivity index (χ3v) is 4.21. The zero-order chi connectivity index (χ0) is 17.3. The van der Waals surface area contributed by atoms with Gasteiger partial charge in [-0.1, -0.05) is 40.5 Å². The van der Waals surface area contributed by atoms with Crippen LogP contribution in [0.4, 0.5) is 8.78 Å². The van der Waals surface area contributed by atoms with Crippen molar-refractivity contribution < 1.29 is 13.3 Å². The SMILES string of the molecule is O=c1onc(Cc2ccc(F)cc2Cl)n1Cc1c(F)cccc1Cl. The van der Waals surface area contributed by atoms with Crippen molar-refractivity contribution in [1.82, 2.24) is 9.72 Å². The Morgan fingerprint density at radius 3 is 2.62 bits per heavy atom. The summed E-state index contributed by atoms with van der Waals surface area (Å²) in [6.07, 6.45) is 0.122. The van der Waals surface area contributed by atoms with Crippen LogP contribution in [0.3, 0.4) is 0 Å². The summed E-state index contributed by atoms with van der Waals surface area (Å²) in [4.78, 5) is 11.9. The fraction of sp³-hybridized carbons (Fsp3) is 0.125. The maximum Gasteiger partial charge on any atom is 0.441 e. The van der Waals surface area contributed by atoms with Crippen molar-refractivity contribution >= 4 is 23.2 Å². The summed E-state index contributed by atoms with van der Waals surface area (Å²) < 4.78 is 32.9. The zero-order valence-electron chi connectivity index (χ0n) is 12.1. The van der Waals surface area contributed by atoms with Crippen LogP contribution in [-0.4, -0.2) is 9.72 Å². The molecular weight excluding hydrogens is 361 g/mol. The lowest BCUT2D eigenvalue weighted by atomic mass is 10.1. The van der Waals surface area contributed by atoms with Crippen LogP contribution in [0.15, 0.2) is 45.7 Å². The molecule has 0 aliphatic heterocycles. The first-order chi connectivity index (χ1) is 11.5. The molecule has 1 heterocycles. The molecule has 0 bridgehead atoms. The number of hydrogen-bond acceptors (Lipinski definition) is 3. The van der Waals surface area contributed by atoms with E-state index < -0.39 is 17.4 Å². The molecule has 0 fully saturated rings. The van der Waals surface area contributed by atoms with E-state index >= 15 is 0 Å². The Kier molecular flexibility index (Phi) is 4.69. The zero-order valence-corrected chi connectivity index (χ0v) is 13.6. The molecule has 124 valence electrons. The van der Waals surface area contributed by atoms with E-state index in [0.29, 0.717) is 5.56 Å². The Labute approximate surface area is 145 Å². The number of benzene rings is 2. The molecule has 0 aliphatic carbocycles. The minimum Gasteiger partial charge on any atom is -0.296 e. The number of halogens is 4. The molecule has 4 nitrogen and oxygen atoms in total. The second kappa shape index (κ2) is 6.75. The van der Waals surface area contributed by atoms with Gasteiger partial charge in [0.15, 0.2) is 5.82 Å². The van der Waals surface area contributed by atoms with Gasteiger partial charge in [0.05, 0.1) is 6.54 Å². The van der Waals surface area contributed by atoms with Crippen molar-refractivity contribution in [2.45, 2.75) is 13.0 Å². The molecule has 3 aromatic rings. The van der Waals surface area contributed by atoms with Gasteiger partial charge in [0.25, 0.3) is 0 Å². The van der Waals surface area contributed by atoms with Crippen molar-refractivity contribution in [3.05, 3.63) is 85.6 Å². The first-order valence-electron chi connectivity index (χ1n) is 6.88. The van der Waals surface area contributed by atoms with E-state index in [9.17, 15) is 13.6 Å². The molecule has 0 atom stereocenters. The highest BCUT2D eigenvalue weighted by Gasteiger charge is 2.16. The van der Waals surface area contributed by atoms with Crippen molar-refractivity contribution in [2.75, 3.05) is 0 Å². The van der Waals surface area contributed by atoms with Gasteiger partial charge in [-0.25, -0.2) is 13.6 Å². The third kappa shape index (κ3) is 3.34. The Balaban J connectivity index is 1.96. The van der Waals surface area contributed by atoms with Crippen molar-refractivity contribution in [3.63, 3.8) is 0 Å². The molecule has 0 amide bonds. The standard InChI is InChI=1S/C16H10Cl2F2N2O2/c17-12-2-1-3-14(20)11(12)8-22-15(21-24-16(22)23)6-9-4-5-10(19)7-13(9)18/h1-5,7H,6,8H2. The average Bonchev–Trinajstić information content (AvgIpc) is 2.86. The van der Waals surface area contributed by atoms with E-state index in [0.717, 1.165) is 10.6 Å². The van der Waals surface area contributed by atoms with Crippen LogP contribution in [0, 0.1) is 11.6 Å². The van der Waals surface area contributed by atoms with Gasteiger partial charge in [0.1, 0.15) is 11.6 Å².